The van der Waals surface area contributed by atoms with E-state index in [1.54, 1.807) is 4.52 Å². The van der Waals surface area contributed by atoms with E-state index in [1.807, 2.05) is 29.3 Å². The Hall–Kier alpha value is -4.15. The number of phenolic OH excluding ortho intramolecular Hbond substituents is 1. The van der Waals surface area contributed by atoms with Crippen LogP contribution in [0.3, 0.4) is 0 Å². The minimum Gasteiger partial charge on any atom is -0.506 e. The summed E-state index contributed by atoms with van der Waals surface area (Å²) in [6.45, 7) is 0.605. The minimum atomic E-state index is -0.576. The first-order chi connectivity index (χ1) is 16.5. The predicted octanol–water partition coefficient (Wildman–Crippen LogP) is 3.53. The molecule has 0 unspecified atom stereocenters. The van der Waals surface area contributed by atoms with Crippen LogP contribution in [0.15, 0.2) is 42.6 Å². The fourth-order valence-electron chi connectivity index (χ4n) is 4.37. The van der Waals surface area contributed by atoms with Gasteiger partial charge in [-0.2, -0.15) is 10.1 Å². The number of aromatic amines is 1. The van der Waals surface area contributed by atoms with Gasteiger partial charge in [0.2, 0.25) is 11.9 Å². The number of halogens is 1. The molecule has 0 radical (unpaired) electrons. The van der Waals surface area contributed by atoms with Crippen LogP contribution in [0.1, 0.15) is 37.3 Å². The summed E-state index contributed by atoms with van der Waals surface area (Å²) in [5, 5.41) is 28.0. The third-order valence-corrected chi connectivity index (χ3v) is 6.27. The van der Waals surface area contributed by atoms with Crippen molar-refractivity contribution in [2.75, 3.05) is 22.1 Å². The number of aromatic hydroxyl groups is 1. The smallest absolute Gasteiger partial charge is 0.247 e. The van der Waals surface area contributed by atoms with Crippen LogP contribution < -0.4 is 15.5 Å². The second kappa shape index (κ2) is 8.01. The van der Waals surface area contributed by atoms with Crippen molar-refractivity contribution in [3.8, 4) is 5.75 Å². The summed E-state index contributed by atoms with van der Waals surface area (Å²) < 4.78 is 15.0. The summed E-state index contributed by atoms with van der Waals surface area (Å²) in [6.07, 6.45) is 5.57. The van der Waals surface area contributed by atoms with Crippen LogP contribution in [0, 0.1) is 5.82 Å². The van der Waals surface area contributed by atoms with Gasteiger partial charge in [0.15, 0.2) is 11.6 Å². The van der Waals surface area contributed by atoms with Gasteiger partial charge in [-0.3, -0.25) is 9.89 Å². The molecule has 1 aliphatic carbocycles. The van der Waals surface area contributed by atoms with E-state index in [2.05, 4.69) is 25.9 Å². The summed E-state index contributed by atoms with van der Waals surface area (Å²) in [4.78, 5) is 19.6. The number of carbonyl (C=O) groups is 1. The van der Waals surface area contributed by atoms with E-state index < -0.39 is 11.9 Å². The van der Waals surface area contributed by atoms with Gasteiger partial charge in [-0.15, -0.1) is 5.10 Å². The summed E-state index contributed by atoms with van der Waals surface area (Å²) in [7, 11) is 0. The molecule has 3 aromatic heterocycles. The number of rotatable bonds is 6. The van der Waals surface area contributed by atoms with Crippen molar-refractivity contribution in [2.24, 2.45) is 0 Å². The third kappa shape index (κ3) is 3.78. The summed E-state index contributed by atoms with van der Waals surface area (Å²) in [6, 6.07) is 8.75. The number of nitrogens with zero attached hydrogens (tertiary/aromatic N) is 5. The number of amides is 1. The molecule has 0 bridgehead atoms. The van der Waals surface area contributed by atoms with Crippen molar-refractivity contribution >= 4 is 34.7 Å². The zero-order valence-electron chi connectivity index (χ0n) is 18.2. The molecule has 34 heavy (non-hydrogen) atoms. The molecule has 11 heteroatoms. The Bertz CT molecular complexity index is 1380. The van der Waals surface area contributed by atoms with Crippen molar-refractivity contribution in [1.29, 1.82) is 0 Å². The Balaban J connectivity index is 1.27. The number of anilines is 4. The lowest BCUT2D eigenvalue weighted by Crippen LogP contribution is -2.41. The van der Waals surface area contributed by atoms with E-state index >= 15 is 0 Å². The Kier molecular flexibility index (Phi) is 4.82. The Labute approximate surface area is 193 Å². The van der Waals surface area contributed by atoms with E-state index in [4.69, 9.17) is 4.98 Å². The molecular weight excluding hydrogens is 439 g/mol. The Morgan fingerprint density at radius 2 is 2.09 bits per heavy atom. The molecule has 0 spiro atoms. The molecule has 1 aromatic carbocycles. The van der Waals surface area contributed by atoms with Crippen LogP contribution >= 0.6 is 0 Å². The van der Waals surface area contributed by atoms with Gasteiger partial charge in [0.05, 0.1) is 5.69 Å². The quantitative estimate of drug-likeness (QED) is 0.323. The van der Waals surface area contributed by atoms with Crippen molar-refractivity contribution in [1.82, 2.24) is 24.8 Å². The van der Waals surface area contributed by atoms with Gasteiger partial charge < -0.3 is 20.6 Å². The molecule has 2 fully saturated rings. The highest BCUT2D eigenvalue weighted by atomic mass is 19.1. The van der Waals surface area contributed by atoms with E-state index in [0.29, 0.717) is 36.5 Å². The van der Waals surface area contributed by atoms with Crippen molar-refractivity contribution < 1.29 is 14.3 Å². The second-order valence-corrected chi connectivity index (χ2v) is 8.71. The molecule has 1 saturated heterocycles. The molecule has 1 saturated carbocycles. The zero-order valence-corrected chi connectivity index (χ0v) is 18.2. The number of carbonyl (C=O) groups excluding carboxylic acids is 1. The highest BCUT2D eigenvalue weighted by molar-refractivity contribution is 5.98. The Morgan fingerprint density at radius 3 is 2.91 bits per heavy atom. The lowest BCUT2D eigenvalue weighted by atomic mass is 10.2. The van der Waals surface area contributed by atoms with Gasteiger partial charge in [-0.05, 0) is 49.9 Å². The lowest BCUT2D eigenvalue weighted by Gasteiger charge is -2.24. The van der Waals surface area contributed by atoms with E-state index in [1.165, 1.54) is 25.0 Å². The number of benzene rings is 1. The molecule has 4 heterocycles. The molecule has 2 aliphatic rings. The first kappa shape index (κ1) is 20.5. The Morgan fingerprint density at radius 1 is 1.21 bits per heavy atom. The standard InChI is InChI=1S/C23H23FN8O2/c24-14-7-8-15(19(33)11-14)25-22(34)18-4-1-9-31(18)23-27-21(17-3-2-10-32(17)30-23)26-20-12-16(28-29-20)13-5-6-13/h2-3,7-8,10-13,18,33H,1,4-6,9H2,(H,25,34)(H2,26,27,28,29,30)/t18-/m0/s1. The average Bonchev–Trinajstić information content (AvgIpc) is 3.20. The number of phenols is 1. The summed E-state index contributed by atoms with van der Waals surface area (Å²) >= 11 is 0. The zero-order chi connectivity index (χ0) is 23.2. The largest absolute Gasteiger partial charge is 0.506 e. The van der Waals surface area contributed by atoms with Crippen molar-refractivity contribution in [3.05, 3.63) is 54.1 Å². The van der Waals surface area contributed by atoms with E-state index in [-0.39, 0.29) is 17.3 Å². The molecule has 4 aromatic rings. The van der Waals surface area contributed by atoms with Crippen LogP contribution in [0.25, 0.3) is 5.52 Å². The van der Waals surface area contributed by atoms with Crippen LogP contribution in [-0.2, 0) is 4.79 Å². The number of aromatic nitrogens is 5. The molecule has 10 nitrogen and oxygen atoms in total. The van der Waals surface area contributed by atoms with Gasteiger partial charge >= 0.3 is 0 Å². The molecule has 6 rings (SSSR count). The van der Waals surface area contributed by atoms with E-state index in [0.717, 1.165) is 23.7 Å². The van der Waals surface area contributed by atoms with Gasteiger partial charge in [0.1, 0.15) is 23.1 Å². The van der Waals surface area contributed by atoms with Crippen molar-refractivity contribution in [2.45, 2.75) is 37.6 Å². The normalized spacial score (nSPS) is 17.9. The lowest BCUT2D eigenvalue weighted by molar-refractivity contribution is -0.117. The molecule has 1 atom stereocenters. The second-order valence-electron chi connectivity index (χ2n) is 8.71. The van der Waals surface area contributed by atoms with Gasteiger partial charge in [-0.1, -0.05) is 0 Å². The maximum atomic E-state index is 13.3. The predicted molar refractivity (Wildman–Crippen MR) is 124 cm³/mol. The average molecular weight is 462 g/mol. The van der Waals surface area contributed by atoms with E-state index in [9.17, 15) is 14.3 Å². The number of hydrogen-bond acceptors (Lipinski definition) is 7. The first-order valence-corrected chi connectivity index (χ1v) is 11.3. The van der Waals surface area contributed by atoms with Crippen molar-refractivity contribution in [3.63, 3.8) is 0 Å². The van der Waals surface area contributed by atoms with Crippen LogP contribution in [0.5, 0.6) is 5.75 Å². The SMILES string of the molecule is O=C(Nc1ccc(F)cc1O)[C@@H]1CCCN1c1nc(Nc2cc(C3CC3)[nH]n2)c2cccn2n1. The van der Waals surface area contributed by atoms with Gasteiger partial charge in [-0.25, -0.2) is 8.91 Å². The fraction of sp³-hybridized carbons (Fsp3) is 0.304. The molecule has 1 amide bonds. The maximum Gasteiger partial charge on any atom is 0.247 e. The topological polar surface area (TPSA) is 123 Å². The number of fused-ring (bicyclic) bond motifs is 1. The first-order valence-electron chi connectivity index (χ1n) is 11.3. The molecule has 174 valence electrons. The minimum absolute atomic E-state index is 0.160. The fourth-order valence-corrected chi connectivity index (χ4v) is 4.37. The number of nitrogens with one attached hydrogen (secondary N) is 3. The third-order valence-electron chi connectivity index (χ3n) is 6.27. The van der Waals surface area contributed by atoms with Crippen LogP contribution in [0.2, 0.25) is 0 Å². The monoisotopic (exact) mass is 462 g/mol. The highest BCUT2D eigenvalue weighted by Crippen LogP contribution is 2.40. The molecular formula is C23H23FN8O2. The maximum absolute atomic E-state index is 13.3. The summed E-state index contributed by atoms with van der Waals surface area (Å²) in [5.41, 5.74) is 2.06. The number of H-pyrrole nitrogens is 1. The van der Waals surface area contributed by atoms with Crippen LogP contribution in [0.4, 0.5) is 27.7 Å². The van der Waals surface area contributed by atoms with Gasteiger partial charge in [0.25, 0.3) is 0 Å². The number of hydrogen-bond donors (Lipinski definition) is 4. The highest BCUT2D eigenvalue weighted by Gasteiger charge is 2.34. The molecule has 1 aliphatic heterocycles. The summed E-state index contributed by atoms with van der Waals surface area (Å²) in [5.74, 6) is 1.02. The van der Waals surface area contributed by atoms with Gasteiger partial charge in [0, 0.05) is 36.5 Å². The molecule has 4 N–H and O–H groups in total. The van der Waals surface area contributed by atoms with Crippen LogP contribution in [-0.4, -0.2) is 48.4 Å².